The lowest BCUT2D eigenvalue weighted by Gasteiger charge is -2.17. The third kappa shape index (κ3) is 5.53. The highest BCUT2D eigenvalue weighted by atomic mass is 19.4. The highest BCUT2D eigenvalue weighted by molar-refractivity contribution is 5.87. The first-order valence-corrected chi connectivity index (χ1v) is 8.43. The van der Waals surface area contributed by atoms with Crippen molar-refractivity contribution in [3.05, 3.63) is 23.8 Å². The SMILES string of the molecule is CCOc1ccc(NCC(=O)NCC(=O)N2CCCC2)c(C(F)(F)F)c1. The summed E-state index contributed by atoms with van der Waals surface area (Å²) in [5.41, 5.74) is -1.13. The fraction of sp³-hybridized carbons (Fsp3) is 0.529. The van der Waals surface area contributed by atoms with E-state index in [4.69, 9.17) is 4.74 Å². The molecule has 2 N–H and O–H groups in total. The molecule has 1 aliphatic heterocycles. The summed E-state index contributed by atoms with van der Waals surface area (Å²) in [6.45, 7) is 2.74. The van der Waals surface area contributed by atoms with Crippen molar-refractivity contribution >= 4 is 17.5 Å². The molecule has 6 nitrogen and oxygen atoms in total. The lowest BCUT2D eigenvalue weighted by molar-refractivity contribution is -0.137. The summed E-state index contributed by atoms with van der Waals surface area (Å²) in [6.07, 6.45) is -2.70. The van der Waals surface area contributed by atoms with Crippen LogP contribution in [0.1, 0.15) is 25.3 Å². The van der Waals surface area contributed by atoms with Gasteiger partial charge < -0.3 is 20.3 Å². The summed E-state index contributed by atoms with van der Waals surface area (Å²) < 4.78 is 44.6. The molecule has 26 heavy (non-hydrogen) atoms. The molecule has 9 heteroatoms. The fourth-order valence-electron chi connectivity index (χ4n) is 2.66. The van der Waals surface area contributed by atoms with Crippen LogP contribution in [0.25, 0.3) is 0 Å². The second-order valence-electron chi connectivity index (χ2n) is 5.86. The minimum absolute atomic E-state index is 0.103. The number of anilines is 1. The average molecular weight is 373 g/mol. The van der Waals surface area contributed by atoms with E-state index >= 15 is 0 Å². The number of hydrogen-bond donors (Lipinski definition) is 2. The molecule has 0 bridgehead atoms. The number of likely N-dealkylation sites (tertiary alicyclic amines) is 1. The predicted octanol–water partition coefficient (Wildman–Crippen LogP) is 2.25. The Morgan fingerprint density at radius 3 is 2.50 bits per heavy atom. The average Bonchev–Trinajstić information content (AvgIpc) is 3.12. The van der Waals surface area contributed by atoms with Gasteiger partial charge in [-0.15, -0.1) is 0 Å². The minimum atomic E-state index is -4.59. The van der Waals surface area contributed by atoms with Crippen molar-refractivity contribution in [3.8, 4) is 5.75 Å². The largest absolute Gasteiger partial charge is 0.494 e. The van der Waals surface area contributed by atoms with Crippen LogP contribution >= 0.6 is 0 Å². The van der Waals surface area contributed by atoms with Crippen LogP contribution in [0, 0.1) is 0 Å². The van der Waals surface area contributed by atoms with Crippen LogP contribution in [0.4, 0.5) is 18.9 Å². The number of carbonyl (C=O) groups excluding carboxylic acids is 2. The van der Waals surface area contributed by atoms with E-state index in [9.17, 15) is 22.8 Å². The van der Waals surface area contributed by atoms with Crippen LogP contribution in [0.15, 0.2) is 18.2 Å². The summed E-state index contributed by atoms with van der Waals surface area (Å²) in [5.74, 6) is -0.640. The molecule has 144 valence electrons. The lowest BCUT2D eigenvalue weighted by Crippen LogP contribution is -2.40. The van der Waals surface area contributed by atoms with Gasteiger partial charge in [0.05, 0.1) is 25.3 Å². The van der Waals surface area contributed by atoms with E-state index in [1.54, 1.807) is 11.8 Å². The zero-order valence-electron chi connectivity index (χ0n) is 14.5. The summed E-state index contributed by atoms with van der Waals surface area (Å²) in [7, 11) is 0. The van der Waals surface area contributed by atoms with Crippen molar-refractivity contribution in [1.29, 1.82) is 0 Å². The second kappa shape index (κ2) is 8.77. The Morgan fingerprint density at radius 1 is 1.19 bits per heavy atom. The highest BCUT2D eigenvalue weighted by Crippen LogP contribution is 2.37. The molecule has 1 aliphatic rings. The number of nitrogens with one attached hydrogen (secondary N) is 2. The normalized spacial score (nSPS) is 14.2. The van der Waals surface area contributed by atoms with Gasteiger partial charge in [0.25, 0.3) is 0 Å². The molecule has 1 aromatic rings. The third-order valence-corrected chi connectivity index (χ3v) is 3.94. The Kier molecular flexibility index (Phi) is 6.70. The van der Waals surface area contributed by atoms with E-state index in [2.05, 4.69) is 10.6 Å². The maximum absolute atomic E-state index is 13.2. The molecule has 0 unspecified atom stereocenters. The van der Waals surface area contributed by atoms with Crippen LogP contribution in [-0.2, 0) is 15.8 Å². The summed E-state index contributed by atoms with van der Waals surface area (Å²) in [6, 6.07) is 3.51. The first-order chi connectivity index (χ1) is 12.3. The van der Waals surface area contributed by atoms with Gasteiger partial charge >= 0.3 is 6.18 Å². The number of halogens is 3. The number of amides is 2. The van der Waals surface area contributed by atoms with Crippen molar-refractivity contribution in [1.82, 2.24) is 10.2 Å². The zero-order chi connectivity index (χ0) is 19.2. The Morgan fingerprint density at radius 2 is 1.88 bits per heavy atom. The monoisotopic (exact) mass is 373 g/mol. The second-order valence-corrected chi connectivity index (χ2v) is 5.86. The third-order valence-electron chi connectivity index (χ3n) is 3.94. The van der Waals surface area contributed by atoms with Gasteiger partial charge in [0.2, 0.25) is 11.8 Å². The smallest absolute Gasteiger partial charge is 0.418 e. The number of rotatable bonds is 7. The van der Waals surface area contributed by atoms with E-state index in [1.165, 1.54) is 12.1 Å². The van der Waals surface area contributed by atoms with Crippen LogP contribution in [0.2, 0.25) is 0 Å². The first kappa shape index (κ1) is 19.9. The molecule has 1 heterocycles. The van der Waals surface area contributed by atoms with E-state index in [0.29, 0.717) is 13.1 Å². The molecule has 0 atom stereocenters. The number of nitrogens with zero attached hydrogens (tertiary/aromatic N) is 1. The van der Waals surface area contributed by atoms with Gasteiger partial charge in [0.15, 0.2) is 0 Å². The van der Waals surface area contributed by atoms with Gasteiger partial charge in [-0.3, -0.25) is 9.59 Å². The topological polar surface area (TPSA) is 70.7 Å². The molecule has 0 saturated carbocycles. The molecule has 0 aliphatic carbocycles. The molecule has 1 aromatic carbocycles. The van der Waals surface area contributed by atoms with Gasteiger partial charge in [-0.2, -0.15) is 13.2 Å². The fourth-order valence-corrected chi connectivity index (χ4v) is 2.66. The van der Waals surface area contributed by atoms with Crippen molar-refractivity contribution in [3.63, 3.8) is 0 Å². The maximum atomic E-state index is 13.2. The number of carbonyl (C=O) groups is 2. The molecule has 0 radical (unpaired) electrons. The molecule has 0 aromatic heterocycles. The van der Waals surface area contributed by atoms with Crippen molar-refractivity contribution in [2.24, 2.45) is 0 Å². The predicted molar refractivity (Wildman–Crippen MR) is 89.9 cm³/mol. The number of alkyl halides is 3. The van der Waals surface area contributed by atoms with Gasteiger partial charge in [-0.1, -0.05) is 0 Å². The van der Waals surface area contributed by atoms with Crippen LogP contribution < -0.4 is 15.4 Å². The molecule has 0 spiro atoms. The maximum Gasteiger partial charge on any atom is 0.418 e. The quantitative estimate of drug-likeness (QED) is 0.769. The van der Waals surface area contributed by atoms with Crippen molar-refractivity contribution in [2.75, 3.05) is 38.1 Å². The summed E-state index contributed by atoms with van der Waals surface area (Å²) in [4.78, 5) is 25.3. The van der Waals surface area contributed by atoms with Crippen LogP contribution in [0.3, 0.4) is 0 Å². The van der Waals surface area contributed by atoms with Gasteiger partial charge in [0.1, 0.15) is 5.75 Å². The van der Waals surface area contributed by atoms with Crippen molar-refractivity contribution < 1.29 is 27.5 Å². The van der Waals surface area contributed by atoms with E-state index in [0.717, 1.165) is 18.9 Å². The molecule has 2 rings (SSSR count). The summed E-state index contributed by atoms with van der Waals surface area (Å²) in [5, 5.41) is 4.89. The first-order valence-electron chi connectivity index (χ1n) is 8.43. The van der Waals surface area contributed by atoms with E-state index in [-0.39, 0.29) is 37.0 Å². The Hall–Kier alpha value is -2.45. The summed E-state index contributed by atoms with van der Waals surface area (Å²) >= 11 is 0. The molecule has 1 saturated heterocycles. The van der Waals surface area contributed by atoms with Gasteiger partial charge in [0, 0.05) is 18.8 Å². The van der Waals surface area contributed by atoms with E-state index < -0.39 is 17.6 Å². The zero-order valence-corrected chi connectivity index (χ0v) is 14.5. The number of benzene rings is 1. The molecular formula is C17H22F3N3O3. The number of ether oxygens (including phenoxy) is 1. The Labute approximate surface area is 149 Å². The highest BCUT2D eigenvalue weighted by Gasteiger charge is 2.34. The van der Waals surface area contributed by atoms with Gasteiger partial charge in [-0.25, -0.2) is 0 Å². The van der Waals surface area contributed by atoms with Crippen LogP contribution in [-0.4, -0.2) is 49.5 Å². The molecule has 2 amide bonds. The molecule has 1 fully saturated rings. The van der Waals surface area contributed by atoms with E-state index in [1.807, 2.05) is 0 Å². The minimum Gasteiger partial charge on any atom is -0.494 e. The Bertz CT molecular complexity index is 644. The lowest BCUT2D eigenvalue weighted by atomic mass is 10.1. The Balaban J connectivity index is 1.91. The standard InChI is InChI=1S/C17H22F3N3O3/c1-2-26-12-5-6-14(13(9-12)17(18,19)20)21-10-15(24)22-11-16(25)23-7-3-4-8-23/h5-6,9,21H,2-4,7-8,10-11H2,1H3,(H,22,24). The van der Waals surface area contributed by atoms with Crippen molar-refractivity contribution in [2.45, 2.75) is 25.9 Å². The van der Waals surface area contributed by atoms with Crippen LogP contribution in [0.5, 0.6) is 5.75 Å². The van der Waals surface area contributed by atoms with Gasteiger partial charge in [-0.05, 0) is 38.0 Å². The molecular weight excluding hydrogens is 351 g/mol. The number of hydrogen-bond acceptors (Lipinski definition) is 4.